The molecule has 2 N–H and O–H groups in total. The molecule has 3 heterocycles. The van der Waals surface area contributed by atoms with Gasteiger partial charge in [0, 0.05) is 37.6 Å². The number of carbonyl (C=O) groups excluding carboxylic acids is 1. The molecular formula is C22H22N6OS. The first-order chi connectivity index (χ1) is 14.6. The second-order valence-electron chi connectivity index (χ2n) is 6.98. The van der Waals surface area contributed by atoms with E-state index in [1.807, 2.05) is 67.0 Å². The van der Waals surface area contributed by atoms with Gasteiger partial charge in [0.05, 0.1) is 34.1 Å². The van der Waals surface area contributed by atoms with E-state index in [0.717, 1.165) is 33.7 Å². The SMILES string of the molecule is CC(N=CC=NC1=CNN(C)C1)c1cccc(NC(=O)c2cnc3ccsc3c2)c1. The van der Waals surface area contributed by atoms with Crippen LogP contribution in [0.5, 0.6) is 0 Å². The Labute approximate surface area is 178 Å². The summed E-state index contributed by atoms with van der Waals surface area (Å²) < 4.78 is 0.997. The van der Waals surface area contributed by atoms with Crippen LogP contribution < -0.4 is 10.7 Å². The highest BCUT2D eigenvalue weighted by atomic mass is 32.1. The highest BCUT2D eigenvalue weighted by molar-refractivity contribution is 7.17. The van der Waals surface area contributed by atoms with E-state index >= 15 is 0 Å². The standard InChI is InChI=1S/C22H22N6OS/c1-15(23-7-8-24-19-13-26-28(2)14-19)16-4-3-5-18(10-16)27-22(29)17-11-21-20(25-12-17)6-9-30-21/h3-13,15,26H,14H2,1-2H3,(H,27,29). The molecule has 0 radical (unpaired) electrons. The average molecular weight is 419 g/mol. The lowest BCUT2D eigenvalue weighted by Crippen LogP contribution is -2.24. The number of hydrogen-bond acceptors (Lipinski definition) is 7. The molecule has 0 aliphatic carbocycles. The van der Waals surface area contributed by atoms with Crippen LogP contribution in [0.4, 0.5) is 5.69 Å². The van der Waals surface area contributed by atoms with E-state index in [1.54, 1.807) is 30.0 Å². The molecule has 1 aliphatic heterocycles. The fraction of sp³-hybridized carbons (Fsp3) is 0.182. The first-order valence-electron chi connectivity index (χ1n) is 9.55. The summed E-state index contributed by atoms with van der Waals surface area (Å²) in [6.45, 7) is 2.76. The molecule has 1 aromatic carbocycles. The largest absolute Gasteiger partial charge is 0.324 e. The zero-order valence-corrected chi connectivity index (χ0v) is 17.6. The van der Waals surface area contributed by atoms with Gasteiger partial charge in [-0.25, -0.2) is 5.01 Å². The van der Waals surface area contributed by atoms with Crippen LogP contribution in [-0.2, 0) is 0 Å². The van der Waals surface area contributed by atoms with Crippen molar-refractivity contribution in [3.8, 4) is 0 Å². The molecule has 0 saturated heterocycles. The Kier molecular flexibility index (Phi) is 5.97. The summed E-state index contributed by atoms with van der Waals surface area (Å²) >= 11 is 1.57. The van der Waals surface area contributed by atoms with Crippen LogP contribution in [0.15, 0.2) is 69.9 Å². The number of likely N-dealkylation sites (N-methyl/N-ethyl adjacent to an activating group) is 1. The van der Waals surface area contributed by atoms with Crippen LogP contribution in [0.2, 0.25) is 0 Å². The number of pyridine rings is 1. The van der Waals surface area contributed by atoms with E-state index in [0.29, 0.717) is 5.56 Å². The smallest absolute Gasteiger partial charge is 0.257 e. The number of hydrogen-bond donors (Lipinski definition) is 2. The minimum absolute atomic E-state index is 0.0595. The number of rotatable bonds is 6. The molecule has 7 nitrogen and oxygen atoms in total. The molecule has 0 fully saturated rings. The molecule has 0 spiro atoms. The van der Waals surface area contributed by atoms with Crippen LogP contribution in [0.3, 0.4) is 0 Å². The molecular weight excluding hydrogens is 396 g/mol. The maximum atomic E-state index is 12.6. The minimum Gasteiger partial charge on any atom is -0.324 e. The topological polar surface area (TPSA) is 82.0 Å². The monoisotopic (exact) mass is 418 g/mol. The number of amides is 1. The van der Waals surface area contributed by atoms with Crippen molar-refractivity contribution in [2.24, 2.45) is 9.98 Å². The Bertz CT molecular complexity index is 1150. The first-order valence-corrected chi connectivity index (χ1v) is 10.4. The summed E-state index contributed by atoms with van der Waals surface area (Å²) in [4.78, 5) is 25.8. The molecule has 1 amide bonds. The molecule has 152 valence electrons. The zero-order valence-electron chi connectivity index (χ0n) is 16.7. The van der Waals surface area contributed by atoms with Crippen LogP contribution in [0, 0.1) is 0 Å². The van der Waals surface area contributed by atoms with Crippen molar-refractivity contribution in [2.75, 3.05) is 18.9 Å². The van der Waals surface area contributed by atoms with E-state index in [1.165, 1.54) is 0 Å². The minimum atomic E-state index is -0.179. The quantitative estimate of drug-likeness (QED) is 0.592. The molecule has 0 bridgehead atoms. The van der Waals surface area contributed by atoms with E-state index in [9.17, 15) is 4.79 Å². The maximum Gasteiger partial charge on any atom is 0.257 e. The number of nitrogens with zero attached hydrogens (tertiary/aromatic N) is 4. The first kappa shape index (κ1) is 19.9. The van der Waals surface area contributed by atoms with Crippen molar-refractivity contribution < 1.29 is 4.79 Å². The number of anilines is 1. The summed E-state index contributed by atoms with van der Waals surface area (Å²) in [5, 5.41) is 6.86. The molecule has 1 aliphatic rings. The number of aliphatic imine (C=N–C) groups is 2. The van der Waals surface area contributed by atoms with Crippen molar-refractivity contribution in [1.82, 2.24) is 15.4 Å². The van der Waals surface area contributed by atoms with Gasteiger partial charge in [-0.15, -0.1) is 11.3 Å². The molecule has 1 atom stereocenters. The molecule has 0 saturated carbocycles. The van der Waals surface area contributed by atoms with Gasteiger partial charge in [-0.3, -0.25) is 19.8 Å². The summed E-state index contributed by atoms with van der Waals surface area (Å²) in [7, 11) is 1.96. The number of hydrazine groups is 1. The van der Waals surface area contributed by atoms with Gasteiger partial charge in [0.15, 0.2) is 0 Å². The van der Waals surface area contributed by atoms with Crippen LogP contribution in [-0.4, -0.2) is 41.9 Å². The number of carbonyl (C=O) groups is 1. The van der Waals surface area contributed by atoms with Gasteiger partial charge in [-0.1, -0.05) is 12.1 Å². The highest BCUT2D eigenvalue weighted by Gasteiger charge is 2.10. The van der Waals surface area contributed by atoms with Crippen LogP contribution >= 0.6 is 11.3 Å². The summed E-state index contributed by atoms with van der Waals surface area (Å²) in [6, 6.07) is 11.5. The van der Waals surface area contributed by atoms with Crippen LogP contribution in [0.25, 0.3) is 10.2 Å². The lowest BCUT2D eigenvalue weighted by molar-refractivity contribution is 0.102. The highest BCUT2D eigenvalue weighted by Crippen LogP contribution is 2.22. The number of benzene rings is 1. The number of aromatic nitrogens is 1. The van der Waals surface area contributed by atoms with E-state index in [4.69, 9.17) is 0 Å². The molecule has 2 aromatic heterocycles. The lowest BCUT2D eigenvalue weighted by atomic mass is 10.1. The molecule has 8 heteroatoms. The van der Waals surface area contributed by atoms with Gasteiger partial charge in [0.2, 0.25) is 0 Å². The Balaban J connectivity index is 1.39. The van der Waals surface area contributed by atoms with Gasteiger partial charge >= 0.3 is 0 Å². The molecule has 4 rings (SSSR count). The van der Waals surface area contributed by atoms with Gasteiger partial charge in [0.1, 0.15) is 0 Å². The fourth-order valence-electron chi connectivity index (χ4n) is 3.03. The Morgan fingerprint density at radius 1 is 1.33 bits per heavy atom. The third kappa shape index (κ3) is 4.79. The third-order valence-corrected chi connectivity index (χ3v) is 5.51. The predicted molar refractivity (Wildman–Crippen MR) is 123 cm³/mol. The predicted octanol–water partition coefficient (Wildman–Crippen LogP) is 4.04. The van der Waals surface area contributed by atoms with Gasteiger partial charge in [-0.05, 0) is 42.1 Å². The number of fused-ring (bicyclic) bond motifs is 1. The van der Waals surface area contributed by atoms with Crippen LogP contribution in [0.1, 0.15) is 28.9 Å². The van der Waals surface area contributed by atoms with E-state index in [2.05, 4.69) is 25.7 Å². The molecule has 3 aromatic rings. The molecule has 30 heavy (non-hydrogen) atoms. The molecule has 1 unspecified atom stereocenters. The van der Waals surface area contributed by atoms with Crippen molar-refractivity contribution in [2.45, 2.75) is 13.0 Å². The van der Waals surface area contributed by atoms with Crippen molar-refractivity contribution in [3.63, 3.8) is 0 Å². The van der Waals surface area contributed by atoms with Crippen molar-refractivity contribution in [3.05, 3.63) is 71.0 Å². The number of thiophene rings is 1. The second-order valence-corrected chi connectivity index (χ2v) is 7.93. The van der Waals surface area contributed by atoms with E-state index < -0.39 is 0 Å². The average Bonchev–Trinajstić information content (AvgIpc) is 3.39. The third-order valence-electron chi connectivity index (χ3n) is 4.66. The van der Waals surface area contributed by atoms with Crippen molar-refractivity contribution in [1.29, 1.82) is 0 Å². The fourth-order valence-corrected chi connectivity index (χ4v) is 3.81. The zero-order chi connectivity index (χ0) is 20.9. The Morgan fingerprint density at radius 3 is 3.07 bits per heavy atom. The Hall–Kier alpha value is -3.36. The van der Waals surface area contributed by atoms with Crippen molar-refractivity contribution >= 4 is 45.6 Å². The lowest BCUT2D eigenvalue weighted by Gasteiger charge is -2.10. The van der Waals surface area contributed by atoms with E-state index in [-0.39, 0.29) is 11.9 Å². The van der Waals surface area contributed by atoms with Gasteiger partial charge in [0.25, 0.3) is 5.91 Å². The Morgan fingerprint density at radius 2 is 2.23 bits per heavy atom. The van der Waals surface area contributed by atoms with Gasteiger partial charge < -0.3 is 10.7 Å². The van der Waals surface area contributed by atoms with Gasteiger partial charge in [-0.2, -0.15) is 0 Å². The summed E-state index contributed by atoms with van der Waals surface area (Å²) in [5.74, 6) is -0.179. The normalized spacial score (nSPS) is 15.6. The number of nitrogens with one attached hydrogen (secondary N) is 2. The summed E-state index contributed by atoms with van der Waals surface area (Å²) in [5.41, 5.74) is 7.19. The maximum absolute atomic E-state index is 12.6. The summed E-state index contributed by atoms with van der Waals surface area (Å²) in [6.07, 6.45) is 6.87. The second kappa shape index (κ2) is 8.98.